The number of anilines is 1. The van der Waals surface area contributed by atoms with Crippen molar-refractivity contribution in [1.29, 1.82) is 0 Å². The number of carbonyl (C=O) groups excluding carboxylic acids is 1. The van der Waals surface area contributed by atoms with Crippen LogP contribution in [0, 0.1) is 0 Å². The predicted octanol–water partition coefficient (Wildman–Crippen LogP) is 3.42. The first kappa shape index (κ1) is 16.3. The van der Waals surface area contributed by atoms with Crippen LogP contribution in [0.2, 0.25) is 10.0 Å². The van der Waals surface area contributed by atoms with Crippen molar-refractivity contribution in [2.24, 2.45) is 0 Å². The lowest BCUT2D eigenvalue weighted by molar-refractivity contribution is -0.137. The number of nitrogens with one attached hydrogen (secondary N) is 1. The van der Waals surface area contributed by atoms with Crippen molar-refractivity contribution in [3.05, 3.63) is 28.2 Å². The molecule has 1 unspecified atom stereocenters. The summed E-state index contributed by atoms with van der Waals surface area (Å²) in [4.78, 5) is 24.8. The molecule has 8 heteroatoms. The Hall–Kier alpha value is -1.11. The number of amides is 2. The van der Waals surface area contributed by atoms with E-state index < -0.39 is 5.97 Å². The van der Waals surface area contributed by atoms with E-state index in [1.165, 1.54) is 0 Å². The second-order valence-corrected chi connectivity index (χ2v) is 6.49. The van der Waals surface area contributed by atoms with Crippen LogP contribution in [0.3, 0.4) is 0 Å². The predicted molar refractivity (Wildman–Crippen MR) is 85.6 cm³/mol. The fraction of sp³-hybridized carbons (Fsp3) is 0.385. The molecular formula is C13H14Cl2N2O3S. The van der Waals surface area contributed by atoms with Gasteiger partial charge < -0.3 is 15.3 Å². The lowest BCUT2D eigenvalue weighted by Crippen LogP contribution is -2.48. The molecule has 2 amide bonds. The van der Waals surface area contributed by atoms with Gasteiger partial charge in [0, 0.05) is 18.1 Å². The third-order valence-electron chi connectivity index (χ3n) is 3.09. The quantitative estimate of drug-likeness (QED) is 0.877. The molecule has 2 N–H and O–H groups in total. The van der Waals surface area contributed by atoms with Gasteiger partial charge in [0.2, 0.25) is 0 Å². The second kappa shape index (κ2) is 7.24. The van der Waals surface area contributed by atoms with Gasteiger partial charge in [-0.3, -0.25) is 4.79 Å². The van der Waals surface area contributed by atoms with E-state index in [9.17, 15) is 9.59 Å². The van der Waals surface area contributed by atoms with E-state index in [4.69, 9.17) is 28.3 Å². The first-order valence-corrected chi connectivity index (χ1v) is 8.21. The number of benzene rings is 1. The van der Waals surface area contributed by atoms with Crippen LogP contribution in [0.15, 0.2) is 18.2 Å². The number of carboxylic acids is 1. The van der Waals surface area contributed by atoms with Crippen molar-refractivity contribution in [2.45, 2.75) is 12.5 Å². The van der Waals surface area contributed by atoms with E-state index in [2.05, 4.69) is 5.32 Å². The van der Waals surface area contributed by atoms with Crippen molar-refractivity contribution in [3.8, 4) is 0 Å². The van der Waals surface area contributed by atoms with Gasteiger partial charge >= 0.3 is 12.0 Å². The molecule has 2 rings (SSSR count). The summed E-state index contributed by atoms with van der Waals surface area (Å²) in [5, 5.41) is 12.2. The van der Waals surface area contributed by atoms with Crippen LogP contribution >= 0.6 is 35.0 Å². The fourth-order valence-corrected chi connectivity index (χ4v) is 3.49. The number of rotatable bonds is 3. The van der Waals surface area contributed by atoms with Gasteiger partial charge in [-0.05, 0) is 12.1 Å². The highest BCUT2D eigenvalue weighted by Gasteiger charge is 2.29. The molecule has 0 radical (unpaired) electrons. The molecule has 0 spiro atoms. The molecule has 1 saturated heterocycles. The van der Waals surface area contributed by atoms with Crippen LogP contribution in [-0.2, 0) is 4.79 Å². The average molecular weight is 349 g/mol. The van der Waals surface area contributed by atoms with E-state index in [0.29, 0.717) is 23.0 Å². The zero-order chi connectivity index (χ0) is 15.4. The van der Waals surface area contributed by atoms with E-state index in [1.807, 2.05) is 0 Å². The number of aliphatic carboxylic acids is 1. The average Bonchev–Trinajstić information content (AvgIpc) is 2.44. The standard InChI is InChI=1S/C13H14Cl2N2O3S/c14-9-2-1-3-10(12(9)15)16-13(20)17-4-5-21-7-8(17)6-11(18)19/h1-3,8H,4-7H2,(H,16,20)(H,18,19). The zero-order valence-electron chi connectivity index (χ0n) is 11.0. The third kappa shape index (κ3) is 4.18. The molecule has 1 heterocycles. The summed E-state index contributed by atoms with van der Waals surface area (Å²) in [5.74, 6) is 0.483. The number of nitrogens with zero attached hydrogens (tertiary/aromatic N) is 1. The van der Waals surface area contributed by atoms with E-state index in [0.717, 1.165) is 5.75 Å². The Morgan fingerprint density at radius 3 is 2.90 bits per heavy atom. The van der Waals surface area contributed by atoms with Crippen molar-refractivity contribution in [2.75, 3.05) is 23.4 Å². The fourth-order valence-electron chi connectivity index (χ4n) is 2.08. The minimum atomic E-state index is -0.916. The monoisotopic (exact) mass is 348 g/mol. The SMILES string of the molecule is O=C(O)CC1CSCCN1C(=O)Nc1cccc(Cl)c1Cl. The van der Waals surface area contributed by atoms with Gasteiger partial charge in [-0.15, -0.1) is 0 Å². The Kier molecular flexibility index (Phi) is 5.61. The number of thioether (sulfide) groups is 1. The summed E-state index contributed by atoms with van der Waals surface area (Å²) in [7, 11) is 0. The Bertz CT molecular complexity index is 556. The molecule has 0 aliphatic carbocycles. The molecule has 1 aromatic carbocycles. The number of hydrogen-bond donors (Lipinski definition) is 2. The van der Waals surface area contributed by atoms with Crippen molar-refractivity contribution >= 4 is 52.7 Å². The topological polar surface area (TPSA) is 69.6 Å². The van der Waals surface area contributed by atoms with Gasteiger partial charge in [0.25, 0.3) is 0 Å². The Labute approximate surface area is 136 Å². The minimum Gasteiger partial charge on any atom is -0.481 e. The van der Waals surface area contributed by atoms with Gasteiger partial charge in [-0.25, -0.2) is 4.79 Å². The molecule has 5 nitrogen and oxygen atoms in total. The maximum atomic E-state index is 12.3. The van der Waals surface area contributed by atoms with Crippen molar-refractivity contribution < 1.29 is 14.7 Å². The number of halogens is 2. The molecule has 114 valence electrons. The number of urea groups is 1. The van der Waals surface area contributed by atoms with Crippen molar-refractivity contribution in [1.82, 2.24) is 4.90 Å². The minimum absolute atomic E-state index is 0.0658. The molecular weight excluding hydrogens is 335 g/mol. The van der Waals surface area contributed by atoms with Crippen LogP contribution in [0.5, 0.6) is 0 Å². The number of hydrogen-bond acceptors (Lipinski definition) is 3. The second-order valence-electron chi connectivity index (χ2n) is 4.55. The summed E-state index contributed by atoms with van der Waals surface area (Å²) in [6, 6.07) is 4.29. The summed E-state index contributed by atoms with van der Waals surface area (Å²) in [6.45, 7) is 0.507. The van der Waals surface area contributed by atoms with Gasteiger partial charge in [0.1, 0.15) is 0 Å². The first-order valence-electron chi connectivity index (χ1n) is 6.30. The lowest BCUT2D eigenvalue weighted by Gasteiger charge is -2.34. The van der Waals surface area contributed by atoms with Crippen LogP contribution in [-0.4, -0.2) is 46.1 Å². The molecule has 0 aromatic heterocycles. The number of carboxylic acid groups (broad SMARTS) is 1. The van der Waals surface area contributed by atoms with Gasteiger partial charge in [-0.1, -0.05) is 29.3 Å². The summed E-state index contributed by atoms with van der Waals surface area (Å²) >= 11 is 13.6. The van der Waals surface area contributed by atoms with E-state index >= 15 is 0 Å². The normalized spacial score (nSPS) is 18.4. The smallest absolute Gasteiger partial charge is 0.322 e. The van der Waals surface area contributed by atoms with Crippen molar-refractivity contribution in [3.63, 3.8) is 0 Å². The highest BCUT2D eigenvalue weighted by Crippen LogP contribution is 2.30. The summed E-state index contributed by atoms with van der Waals surface area (Å²) in [6.07, 6.45) is -0.0658. The molecule has 0 bridgehead atoms. The zero-order valence-corrected chi connectivity index (χ0v) is 13.3. The Morgan fingerprint density at radius 1 is 1.43 bits per heavy atom. The van der Waals surface area contributed by atoms with E-state index in [1.54, 1.807) is 34.9 Å². The van der Waals surface area contributed by atoms with Gasteiger partial charge in [-0.2, -0.15) is 11.8 Å². The Balaban J connectivity index is 2.10. The largest absolute Gasteiger partial charge is 0.481 e. The van der Waals surface area contributed by atoms with Gasteiger partial charge in [0.05, 0.1) is 28.2 Å². The maximum Gasteiger partial charge on any atom is 0.322 e. The van der Waals surface area contributed by atoms with E-state index in [-0.39, 0.29) is 23.5 Å². The van der Waals surface area contributed by atoms with Crippen LogP contribution in [0.1, 0.15) is 6.42 Å². The van der Waals surface area contributed by atoms with Crippen LogP contribution in [0.4, 0.5) is 10.5 Å². The molecule has 1 aliphatic rings. The summed E-state index contributed by atoms with van der Waals surface area (Å²) in [5.41, 5.74) is 0.418. The highest BCUT2D eigenvalue weighted by molar-refractivity contribution is 7.99. The molecule has 0 saturated carbocycles. The molecule has 1 aromatic rings. The molecule has 1 aliphatic heterocycles. The maximum absolute atomic E-state index is 12.3. The highest BCUT2D eigenvalue weighted by atomic mass is 35.5. The van der Waals surface area contributed by atoms with Crippen LogP contribution < -0.4 is 5.32 Å². The first-order chi connectivity index (χ1) is 9.99. The summed E-state index contributed by atoms with van der Waals surface area (Å²) < 4.78 is 0. The van der Waals surface area contributed by atoms with Crippen LogP contribution in [0.25, 0.3) is 0 Å². The number of carbonyl (C=O) groups is 2. The lowest BCUT2D eigenvalue weighted by atomic mass is 10.2. The van der Waals surface area contributed by atoms with Gasteiger partial charge in [0.15, 0.2) is 0 Å². The molecule has 1 fully saturated rings. The third-order valence-corrected chi connectivity index (χ3v) is 5.00. The Morgan fingerprint density at radius 2 is 2.19 bits per heavy atom. The molecule has 21 heavy (non-hydrogen) atoms. The molecule has 1 atom stereocenters.